The number of nitriles is 1. The Kier molecular flexibility index (Phi) is 3.44. The molecule has 1 aromatic heterocycles. The van der Waals surface area contributed by atoms with E-state index in [0.29, 0.717) is 11.3 Å². The second kappa shape index (κ2) is 5.41. The van der Waals surface area contributed by atoms with Gasteiger partial charge in [-0.3, -0.25) is 0 Å². The van der Waals surface area contributed by atoms with Crippen molar-refractivity contribution in [1.29, 1.82) is 5.26 Å². The fraction of sp³-hybridized carbons (Fsp3) is 0.312. The van der Waals surface area contributed by atoms with E-state index in [1.807, 2.05) is 22.8 Å². The SMILES string of the molecule is COC(=O)c1cncn1C1CCCc2cc(C#N)ccc21. The quantitative estimate of drug-likeness (QED) is 0.793. The van der Waals surface area contributed by atoms with Crippen LogP contribution in [-0.2, 0) is 11.2 Å². The van der Waals surface area contributed by atoms with Crippen LogP contribution in [0.2, 0.25) is 0 Å². The average Bonchev–Trinajstić information content (AvgIpc) is 3.02. The van der Waals surface area contributed by atoms with Crippen molar-refractivity contribution in [3.63, 3.8) is 0 Å². The molecule has 0 spiro atoms. The van der Waals surface area contributed by atoms with Gasteiger partial charge in [0.25, 0.3) is 0 Å². The van der Waals surface area contributed by atoms with Gasteiger partial charge in [0.2, 0.25) is 0 Å². The highest BCUT2D eigenvalue weighted by Gasteiger charge is 2.25. The standard InChI is InChI=1S/C16H15N3O2/c1-21-16(20)15-9-18-10-19(15)14-4-2-3-12-7-11(8-17)5-6-13(12)14/h5-7,9-10,14H,2-4H2,1H3. The number of esters is 1. The van der Waals surface area contributed by atoms with Crippen molar-refractivity contribution in [2.24, 2.45) is 0 Å². The van der Waals surface area contributed by atoms with Gasteiger partial charge < -0.3 is 9.30 Å². The number of imidazole rings is 1. The first kappa shape index (κ1) is 13.4. The van der Waals surface area contributed by atoms with Crippen LogP contribution in [0.15, 0.2) is 30.7 Å². The summed E-state index contributed by atoms with van der Waals surface area (Å²) in [5, 5.41) is 9.01. The third-order valence-corrected chi connectivity index (χ3v) is 3.95. The van der Waals surface area contributed by atoms with Crippen molar-refractivity contribution in [1.82, 2.24) is 9.55 Å². The second-order valence-corrected chi connectivity index (χ2v) is 5.11. The molecule has 5 nitrogen and oxygen atoms in total. The van der Waals surface area contributed by atoms with E-state index in [9.17, 15) is 4.79 Å². The zero-order chi connectivity index (χ0) is 14.8. The molecular formula is C16H15N3O2. The molecule has 106 valence electrons. The highest BCUT2D eigenvalue weighted by Crippen LogP contribution is 2.34. The highest BCUT2D eigenvalue weighted by atomic mass is 16.5. The number of rotatable bonds is 2. The number of nitrogens with zero attached hydrogens (tertiary/aromatic N) is 3. The van der Waals surface area contributed by atoms with E-state index in [1.54, 1.807) is 6.33 Å². The van der Waals surface area contributed by atoms with Crippen LogP contribution >= 0.6 is 0 Å². The van der Waals surface area contributed by atoms with Crippen molar-refractivity contribution in [2.45, 2.75) is 25.3 Å². The molecular weight excluding hydrogens is 266 g/mol. The van der Waals surface area contributed by atoms with E-state index >= 15 is 0 Å². The number of fused-ring (bicyclic) bond motifs is 1. The molecule has 5 heteroatoms. The number of carbonyl (C=O) groups is 1. The molecule has 0 fully saturated rings. The Morgan fingerprint density at radius 1 is 1.52 bits per heavy atom. The van der Waals surface area contributed by atoms with Crippen molar-refractivity contribution in [3.05, 3.63) is 53.1 Å². The monoisotopic (exact) mass is 281 g/mol. The molecule has 0 bridgehead atoms. The van der Waals surface area contributed by atoms with Crippen LogP contribution in [0.1, 0.15) is 46.1 Å². The first-order valence-corrected chi connectivity index (χ1v) is 6.87. The topological polar surface area (TPSA) is 67.9 Å². The minimum absolute atomic E-state index is 0.0677. The number of aromatic nitrogens is 2. The lowest BCUT2D eigenvalue weighted by atomic mass is 9.86. The number of hydrogen-bond donors (Lipinski definition) is 0. The van der Waals surface area contributed by atoms with E-state index < -0.39 is 0 Å². The summed E-state index contributed by atoms with van der Waals surface area (Å²) < 4.78 is 6.68. The van der Waals surface area contributed by atoms with Gasteiger partial charge in [0.1, 0.15) is 5.69 Å². The molecule has 1 aliphatic carbocycles. The van der Waals surface area contributed by atoms with Gasteiger partial charge >= 0.3 is 5.97 Å². The van der Waals surface area contributed by atoms with Crippen LogP contribution in [0.4, 0.5) is 0 Å². The maximum atomic E-state index is 11.8. The summed E-state index contributed by atoms with van der Waals surface area (Å²) >= 11 is 0. The Hall–Kier alpha value is -2.61. The predicted octanol–water partition coefficient (Wildman–Crippen LogP) is 2.47. The molecule has 1 unspecified atom stereocenters. The van der Waals surface area contributed by atoms with Gasteiger partial charge in [-0.25, -0.2) is 9.78 Å². The lowest BCUT2D eigenvalue weighted by Crippen LogP contribution is -2.20. The average molecular weight is 281 g/mol. The minimum Gasteiger partial charge on any atom is -0.464 e. The molecule has 0 N–H and O–H groups in total. The summed E-state index contributed by atoms with van der Waals surface area (Å²) in [6, 6.07) is 7.99. The van der Waals surface area contributed by atoms with Crippen LogP contribution < -0.4 is 0 Å². The van der Waals surface area contributed by atoms with Crippen LogP contribution in [0.5, 0.6) is 0 Å². The maximum absolute atomic E-state index is 11.8. The van der Waals surface area contributed by atoms with Gasteiger partial charge in [0.15, 0.2) is 0 Å². The van der Waals surface area contributed by atoms with Crippen molar-refractivity contribution < 1.29 is 9.53 Å². The Morgan fingerprint density at radius 3 is 3.14 bits per heavy atom. The van der Waals surface area contributed by atoms with Crippen LogP contribution in [0.25, 0.3) is 0 Å². The molecule has 0 radical (unpaired) electrons. The minimum atomic E-state index is -0.381. The Labute approximate surface area is 122 Å². The fourth-order valence-electron chi connectivity index (χ4n) is 2.96. The summed E-state index contributed by atoms with van der Waals surface area (Å²) in [7, 11) is 1.37. The van der Waals surface area contributed by atoms with E-state index in [0.717, 1.165) is 24.8 Å². The fourth-order valence-corrected chi connectivity index (χ4v) is 2.96. The molecule has 1 atom stereocenters. The predicted molar refractivity (Wildman–Crippen MR) is 75.8 cm³/mol. The lowest BCUT2D eigenvalue weighted by molar-refractivity contribution is 0.0586. The smallest absolute Gasteiger partial charge is 0.356 e. The molecule has 1 aliphatic rings. The van der Waals surface area contributed by atoms with Gasteiger partial charge in [-0.2, -0.15) is 5.26 Å². The first-order chi connectivity index (χ1) is 10.2. The molecule has 0 aliphatic heterocycles. The molecule has 21 heavy (non-hydrogen) atoms. The number of carbonyl (C=O) groups excluding carboxylic acids is 1. The van der Waals surface area contributed by atoms with Gasteiger partial charge in [-0.1, -0.05) is 6.07 Å². The number of benzene rings is 1. The Morgan fingerprint density at radius 2 is 2.38 bits per heavy atom. The molecule has 1 aromatic carbocycles. The number of methoxy groups -OCH3 is 1. The Bertz CT molecular complexity index is 727. The molecule has 0 amide bonds. The highest BCUT2D eigenvalue weighted by molar-refractivity contribution is 5.87. The van der Waals surface area contributed by atoms with Crippen LogP contribution in [0, 0.1) is 11.3 Å². The van der Waals surface area contributed by atoms with Gasteiger partial charge in [-0.15, -0.1) is 0 Å². The van der Waals surface area contributed by atoms with Gasteiger partial charge in [-0.05, 0) is 42.5 Å². The number of ether oxygens (including phenoxy) is 1. The third-order valence-electron chi connectivity index (χ3n) is 3.95. The molecule has 1 heterocycles. The largest absolute Gasteiger partial charge is 0.464 e. The Balaban J connectivity index is 2.05. The molecule has 2 aromatic rings. The van der Waals surface area contributed by atoms with Gasteiger partial charge in [0, 0.05) is 0 Å². The molecule has 3 rings (SSSR count). The third kappa shape index (κ3) is 2.29. The number of aryl methyl sites for hydroxylation is 1. The summed E-state index contributed by atoms with van der Waals surface area (Å²) in [6.45, 7) is 0. The van der Waals surface area contributed by atoms with Crippen molar-refractivity contribution in [2.75, 3.05) is 7.11 Å². The van der Waals surface area contributed by atoms with Crippen LogP contribution in [-0.4, -0.2) is 22.6 Å². The first-order valence-electron chi connectivity index (χ1n) is 6.87. The van der Waals surface area contributed by atoms with E-state index in [2.05, 4.69) is 11.1 Å². The zero-order valence-corrected chi connectivity index (χ0v) is 11.7. The molecule has 0 saturated carbocycles. The summed E-state index contributed by atoms with van der Waals surface area (Å²) in [6.07, 6.45) is 6.13. The van der Waals surface area contributed by atoms with Crippen molar-refractivity contribution in [3.8, 4) is 6.07 Å². The van der Waals surface area contributed by atoms with E-state index in [-0.39, 0.29) is 12.0 Å². The van der Waals surface area contributed by atoms with E-state index in [1.165, 1.54) is 18.9 Å². The molecule has 0 saturated heterocycles. The zero-order valence-electron chi connectivity index (χ0n) is 11.7. The normalized spacial score (nSPS) is 16.9. The lowest BCUT2D eigenvalue weighted by Gasteiger charge is -2.27. The summed E-state index contributed by atoms with van der Waals surface area (Å²) in [5.74, 6) is -0.381. The summed E-state index contributed by atoms with van der Waals surface area (Å²) in [4.78, 5) is 15.9. The van der Waals surface area contributed by atoms with E-state index in [4.69, 9.17) is 10.00 Å². The number of hydrogen-bond acceptors (Lipinski definition) is 4. The van der Waals surface area contributed by atoms with Gasteiger partial charge in [0.05, 0.1) is 37.3 Å². The second-order valence-electron chi connectivity index (χ2n) is 5.11. The van der Waals surface area contributed by atoms with Crippen LogP contribution in [0.3, 0.4) is 0 Å². The van der Waals surface area contributed by atoms with Crippen molar-refractivity contribution >= 4 is 5.97 Å². The maximum Gasteiger partial charge on any atom is 0.356 e. The summed E-state index contributed by atoms with van der Waals surface area (Å²) in [5.41, 5.74) is 3.46.